The Kier molecular flexibility index (Phi) is 6.55. The van der Waals surface area contributed by atoms with Crippen LogP contribution in [0.2, 0.25) is 5.02 Å². The minimum atomic E-state index is -0.198. The molecule has 5 rings (SSSR count). The van der Waals surface area contributed by atoms with E-state index in [1.807, 2.05) is 18.3 Å². The summed E-state index contributed by atoms with van der Waals surface area (Å²) in [5.74, 6) is 0.820. The van der Waals surface area contributed by atoms with Crippen molar-refractivity contribution in [2.45, 2.75) is 25.2 Å². The molecule has 3 aliphatic heterocycles. The zero-order valence-corrected chi connectivity index (χ0v) is 19.7. The van der Waals surface area contributed by atoms with Crippen LogP contribution in [0.5, 0.6) is 0 Å². The van der Waals surface area contributed by atoms with E-state index in [1.165, 1.54) is 0 Å². The number of nitrogens with zero attached hydrogens (tertiary/aromatic N) is 6. The van der Waals surface area contributed by atoms with E-state index in [-0.39, 0.29) is 18.2 Å². The average Bonchev–Trinajstić information content (AvgIpc) is 3.33. The molecular formula is C23H29ClN8O. The molecule has 1 aromatic carbocycles. The van der Waals surface area contributed by atoms with Crippen LogP contribution in [0.4, 0.5) is 5.69 Å². The van der Waals surface area contributed by atoms with E-state index in [2.05, 4.69) is 48.4 Å². The number of methoxy groups -OCH3 is 1. The normalized spacial score (nSPS) is 23.5. The number of anilines is 1. The molecule has 0 spiro atoms. The molecule has 1 saturated heterocycles. The summed E-state index contributed by atoms with van der Waals surface area (Å²) in [7, 11) is 1.75. The van der Waals surface area contributed by atoms with Gasteiger partial charge >= 0.3 is 0 Å². The van der Waals surface area contributed by atoms with Gasteiger partial charge in [-0.15, -0.1) is 0 Å². The molecule has 4 heterocycles. The Bertz CT molecular complexity index is 1100. The highest BCUT2D eigenvalue weighted by Gasteiger charge is 2.32. The summed E-state index contributed by atoms with van der Waals surface area (Å²) in [6, 6.07) is 5.89. The van der Waals surface area contributed by atoms with Gasteiger partial charge in [0.05, 0.1) is 29.2 Å². The van der Waals surface area contributed by atoms with Crippen molar-refractivity contribution in [2.24, 2.45) is 15.0 Å². The van der Waals surface area contributed by atoms with Gasteiger partial charge in [-0.25, -0.2) is 4.99 Å². The Labute approximate surface area is 198 Å². The minimum Gasteiger partial charge on any atom is -0.383 e. The topological polar surface area (TPSA) is 89.7 Å². The molecule has 3 unspecified atom stereocenters. The molecule has 174 valence electrons. The van der Waals surface area contributed by atoms with E-state index in [9.17, 15) is 0 Å². The van der Waals surface area contributed by atoms with Crippen LogP contribution < -0.4 is 15.5 Å². The van der Waals surface area contributed by atoms with Crippen LogP contribution in [0.3, 0.4) is 0 Å². The number of halogens is 1. The Balaban J connectivity index is 1.45. The molecule has 10 heteroatoms. The molecule has 9 nitrogen and oxygen atoms in total. The highest BCUT2D eigenvalue weighted by Crippen LogP contribution is 2.38. The Morgan fingerprint density at radius 1 is 1.27 bits per heavy atom. The maximum atomic E-state index is 6.74. The van der Waals surface area contributed by atoms with E-state index in [0.29, 0.717) is 5.02 Å². The standard InChI is InChI=1S/C23H29ClN8O/c1-15(30-23-20-22(27-13-26-20)28-14-29-23)17-12-18(24)16-4-3-5-25-19(16)21(17)32-8-6-31(7-9-32)10-11-33-2/h3-5,12-15,20,23,30H,6-11H2,1-2H3,(H,26,27,28,29). The van der Waals surface area contributed by atoms with E-state index in [4.69, 9.17) is 21.3 Å². The molecule has 33 heavy (non-hydrogen) atoms. The number of fused-ring (bicyclic) bond motifs is 2. The minimum absolute atomic E-state index is 0.0206. The second kappa shape index (κ2) is 9.72. The molecule has 3 aliphatic rings. The fraction of sp³-hybridized carbons (Fsp3) is 0.478. The lowest BCUT2D eigenvalue weighted by Crippen LogP contribution is -2.48. The summed E-state index contributed by atoms with van der Waals surface area (Å²) in [5, 5.41) is 8.41. The van der Waals surface area contributed by atoms with Gasteiger partial charge in [0, 0.05) is 57.5 Å². The number of ether oxygens (including phenoxy) is 1. The predicted octanol–water partition coefficient (Wildman–Crippen LogP) is 2.07. The van der Waals surface area contributed by atoms with Crippen molar-refractivity contribution >= 4 is 46.7 Å². The largest absolute Gasteiger partial charge is 0.383 e. The maximum Gasteiger partial charge on any atom is 0.145 e. The number of nitrogens with one attached hydrogen (secondary N) is 2. The monoisotopic (exact) mass is 468 g/mol. The van der Waals surface area contributed by atoms with Gasteiger partial charge in [0.25, 0.3) is 0 Å². The lowest BCUT2D eigenvalue weighted by Gasteiger charge is -2.38. The van der Waals surface area contributed by atoms with E-state index < -0.39 is 0 Å². The first kappa shape index (κ1) is 22.2. The summed E-state index contributed by atoms with van der Waals surface area (Å²) in [4.78, 5) is 23.0. The molecular weight excluding hydrogens is 440 g/mol. The molecule has 1 fully saturated rings. The highest BCUT2D eigenvalue weighted by molar-refractivity contribution is 6.36. The van der Waals surface area contributed by atoms with Crippen molar-refractivity contribution in [3.63, 3.8) is 0 Å². The zero-order chi connectivity index (χ0) is 22.8. The summed E-state index contributed by atoms with van der Waals surface area (Å²) in [5.41, 5.74) is 3.20. The van der Waals surface area contributed by atoms with Gasteiger partial charge in [-0.1, -0.05) is 11.6 Å². The van der Waals surface area contributed by atoms with Crippen LogP contribution >= 0.6 is 11.6 Å². The number of piperazine rings is 1. The van der Waals surface area contributed by atoms with Crippen LogP contribution in [-0.4, -0.2) is 87.0 Å². The number of amidine groups is 1. The number of rotatable bonds is 7. The van der Waals surface area contributed by atoms with Gasteiger partial charge in [0.2, 0.25) is 0 Å². The molecule has 0 aliphatic carbocycles. The number of benzene rings is 1. The van der Waals surface area contributed by atoms with Gasteiger partial charge in [0.1, 0.15) is 24.4 Å². The van der Waals surface area contributed by atoms with E-state index >= 15 is 0 Å². The zero-order valence-electron chi connectivity index (χ0n) is 18.9. The molecule has 0 saturated carbocycles. The average molecular weight is 469 g/mol. The van der Waals surface area contributed by atoms with Crippen molar-refractivity contribution < 1.29 is 4.74 Å². The molecule has 2 aromatic rings. The van der Waals surface area contributed by atoms with Crippen LogP contribution in [0, 0.1) is 0 Å². The Hall–Kier alpha value is -2.59. The molecule has 0 radical (unpaired) electrons. The SMILES string of the molecule is COCCN1CCN(c2c(C(C)NC3N=CN=C4NC=NC43)cc(Cl)c3cccnc23)CC1. The number of pyridine rings is 1. The summed E-state index contributed by atoms with van der Waals surface area (Å²) in [6.45, 7) is 7.66. The quantitative estimate of drug-likeness (QED) is 0.646. The smallest absolute Gasteiger partial charge is 0.145 e. The number of aromatic nitrogens is 1. The molecule has 1 aromatic heterocycles. The molecule has 0 bridgehead atoms. The third-order valence-corrected chi connectivity index (χ3v) is 6.80. The number of aliphatic imine (C=N–C) groups is 3. The van der Waals surface area contributed by atoms with Crippen molar-refractivity contribution in [3.05, 3.63) is 35.0 Å². The second-order valence-corrected chi connectivity index (χ2v) is 8.90. The molecule has 3 atom stereocenters. The molecule has 2 N–H and O–H groups in total. The first-order valence-corrected chi connectivity index (χ1v) is 11.7. The van der Waals surface area contributed by atoms with E-state index in [1.54, 1.807) is 19.8 Å². The fourth-order valence-electron chi connectivity index (χ4n) is 4.70. The predicted molar refractivity (Wildman–Crippen MR) is 134 cm³/mol. The maximum absolute atomic E-state index is 6.74. The first-order valence-electron chi connectivity index (χ1n) is 11.3. The Morgan fingerprint density at radius 2 is 2.12 bits per heavy atom. The van der Waals surface area contributed by atoms with Gasteiger partial charge < -0.3 is 15.0 Å². The van der Waals surface area contributed by atoms with Crippen LogP contribution in [0.15, 0.2) is 39.4 Å². The fourth-order valence-corrected chi connectivity index (χ4v) is 4.97. The van der Waals surface area contributed by atoms with Crippen LogP contribution in [0.25, 0.3) is 10.9 Å². The summed E-state index contributed by atoms with van der Waals surface area (Å²) < 4.78 is 5.26. The summed E-state index contributed by atoms with van der Waals surface area (Å²) in [6.07, 6.45) is 4.91. The second-order valence-electron chi connectivity index (χ2n) is 8.50. The highest BCUT2D eigenvalue weighted by atomic mass is 35.5. The van der Waals surface area contributed by atoms with Crippen molar-refractivity contribution in [1.82, 2.24) is 20.5 Å². The van der Waals surface area contributed by atoms with Gasteiger partial charge in [-0.05, 0) is 30.7 Å². The van der Waals surface area contributed by atoms with Gasteiger partial charge in [0.15, 0.2) is 0 Å². The van der Waals surface area contributed by atoms with Crippen molar-refractivity contribution in [1.29, 1.82) is 0 Å². The first-order chi connectivity index (χ1) is 16.2. The van der Waals surface area contributed by atoms with Gasteiger partial charge in [-0.3, -0.25) is 25.2 Å². The third-order valence-electron chi connectivity index (χ3n) is 6.48. The van der Waals surface area contributed by atoms with Gasteiger partial charge in [-0.2, -0.15) is 0 Å². The number of hydrogen-bond acceptors (Lipinski definition) is 9. The lowest BCUT2D eigenvalue weighted by atomic mass is 10.00. The van der Waals surface area contributed by atoms with Crippen molar-refractivity contribution in [3.8, 4) is 0 Å². The van der Waals surface area contributed by atoms with Crippen LogP contribution in [-0.2, 0) is 4.74 Å². The van der Waals surface area contributed by atoms with E-state index in [0.717, 1.165) is 67.3 Å². The Morgan fingerprint density at radius 3 is 2.94 bits per heavy atom. The summed E-state index contributed by atoms with van der Waals surface area (Å²) >= 11 is 6.74. The van der Waals surface area contributed by atoms with Crippen LogP contribution in [0.1, 0.15) is 18.5 Å². The van der Waals surface area contributed by atoms with Crippen molar-refractivity contribution in [2.75, 3.05) is 51.3 Å². The lowest BCUT2D eigenvalue weighted by molar-refractivity contribution is 0.144. The molecule has 0 amide bonds. The third kappa shape index (κ3) is 4.46. The number of hydrogen-bond donors (Lipinski definition) is 2.